The second-order valence-electron chi connectivity index (χ2n) is 10.7. The Hall–Kier alpha value is -1.34. The standard InChI is InChI=1S/C27H40O4S2/c1-26(2,18-28)12-6-10-24-16-20(30)14-22(32-24)8-5-9-23-15-21(31)17-25(33-23)11-7-13-27(3,4)19-29/h14-17,28-29H,5-13,18-19H2,1-4H3. The van der Waals surface area contributed by atoms with E-state index in [0.29, 0.717) is 0 Å². The van der Waals surface area contributed by atoms with E-state index >= 15 is 0 Å². The number of hydrogen-bond donors (Lipinski definition) is 2. The Kier molecular flexibility index (Phi) is 10.9. The van der Waals surface area contributed by atoms with Crippen LogP contribution in [-0.4, -0.2) is 23.4 Å². The van der Waals surface area contributed by atoms with E-state index in [9.17, 15) is 19.8 Å². The summed E-state index contributed by atoms with van der Waals surface area (Å²) in [6.07, 6.45) is 8.11. The molecule has 2 aromatic heterocycles. The zero-order valence-corrected chi connectivity index (χ0v) is 22.2. The molecular formula is C27H40O4S2. The molecule has 0 aliphatic rings. The maximum atomic E-state index is 12.2. The number of aryl methyl sites for hydroxylation is 4. The molecule has 0 aliphatic heterocycles. The van der Waals surface area contributed by atoms with E-state index in [0.717, 1.165) is 77.3 Å². The number of aliphatic hydroxyl groups is 2. The van der Waals surface area contributed by atoms with Gasteiger partial charge in [-0.3, -0.25) is 9.59 Å². The van der Waals surface area contributed by atoms with E-state index in [1.165, 1.54) is 0 Å². The van der Waals surface area contributed by atoms with Crippen LogP contribution >= 0.6 is 22.7 Å². The van der Waals surface area contributed by atoms with Gasteiger partial charge in [-0.1, -0.05) is 27.7 Å². The first kappa shape index (κ1) is 27.9. The second kappa shape index (κ2) is 12.9. The van der Waals surface area contributed by atoms with Crippen molar-refractivity contribution < 1.29 is 10.2 Å². The molecule has 0 spiro atoms. The maximum Gasteiger partial charge on any atom is 0.180 e. The SMILES string of the molecule is CC(C)(CO)CCCc1cc(=O)cc(CCCc2cc(=O)cc(CCCC(C)(C)CO)s2)s1. The summed E-state index contributed by atoms with van der Waals surface area (Å²) in [5.74, 6) is 0. The van der Waals surface area contributed by atoms with E-state index in [1.807, 2.05) is 0 Å². The molecule has 0 fully saturated rings. The predicted molar refractivity (Wildman–Crippen MR) is 141 cm³/mol. The molecule has 0 saturated heterocycles. The smallest absolute Gasteiger partial charge is 0.180 e. The molecule has 0 saturated carbocycles. The monoisotopic (exact) mass is 492 g/mol. The summed E-state index contributed by atoms with van der Waals surface area (Å²) in [6, 6.07) is 6.97. The second-order valence-corrected chi connectivity index (χ2v) is 13.2. The van der Waals surface area contributed by atoms with Crippen LogP contribution in [0.2, 0.25) is 0 Å². The van der Waals surface area contributed by atoms with Crippen LogP contribution < -0.4 is 10.9 Å². The summed E-state index contributed by atoms with van der Waals surface area (Å²) >= 11 is 3.42. The van der Waals surface area contributed by atoms with Crippen LogP contribution in [0, 0.1) is 10.8 Å². The van der Waals surface area contributed by atoms with Crippen molar-refractivity contribution in [3.8, 4) is 0 Å². The molecule has 4 nitrogen and oxygen atoms in total. The summed E-state index contributed by atoms with van der Waals surface area (Å²) in [5.41, 5.74) is -0.0168. The van der Waals surface area contributed by atoms with Crippen LogP contribution in [0.25, 0.3) is 0 Å². The molecule has 0 unspecified atom stereocenters. The normalized spacial score (nSPS) is 12.3. The highest BCUT2D eigenvalue weighted by atomic mass is 32.1. The zero-order chi connectivity index (χ0) is 24.5. The van der Waals surface area contributed by atoms with Crippen molar-refractivity contribution in [1.82, 2.24) is 0 Å². The molecular weight excluding hydrogens is 452 g/mol. The molecule has 0 amide bonds. The van der Waals surface area contributed by atoms with Gasteiger partial charge in [0, 0.05) is 32.7 Å². The molecule has 0 atom stereocenters. The minimum atomic E-state index is -0.0757. The van der Waals surface area contributed by atoms with E-state index in [2.05, 4.69) is 27.7 Å². The third-order valence-electron chi connectivity index (χ3n) is 5.99. The number of hydrogen-bond acceptors (Lipinski definition) is 6. The molecule has 2 heterocycles. The minimum absolute atomic E-state index is 0.0672. The zero-order valence-electron chi connectivity index (χ0n) is 20.6. The van der Waals surface area contributed by atoms with Gasteiger partial charge >= 0.3 is 0 Å². The van der Waals surface area contributed by atoms with Crippen molar-refractivity contribution in [1.29, 1.82) is 0 Å². The topological polar surface area (TPSA) is 74.6 Å². The van der Waals surface area contributed by atoms with Gasteiger partial charge in [0.25, 0.3) is 0 Å². The highest BCUT2D eigenvalue weighted by Crippen LogP contribution is 2.25. The quantitative estimate of drug-likeness (QED) is 0.371. The van der Waals surface area contributed by atoms with Gasteiger partial charge in [0.05, 0.1) is 0 Å². The molecule has 2 rings (SSSR count). The van der Waals surface area contributed by atoms with Gasteiger partial charge in [-0.05, 0) is 92.9 Å². The lowest BCUT2D eigenvalue weighted by Crippen LogP contribution is -2.16. The summed E-state index contributed by atoms with van der Waals surface area (Å²) in [6.45, 7) is 8.60. The van der Waals surface area contributed by atoms with Gasteiger partial charge in [-0.2, -0.15) is 0 Å². The first-order valence-electron chi connectivity index (χ1n) is 12.0. The molecule has 0 aliphatic carbocycles. The Bertz CT molecular complexity index is 909. The van der Waals surface area contributed by atoms with E-state index in [1.54, 1.807) is 46.9 Å². The van der Waals surface area contributed by atoms with Crippen LogP contribution in [0.3, 0.4) is 0 Å². The van der Waals surface area contributed by atoms with Gasteiger partial charge < -0.3 is 10.2 Å². The molecule has 184 valence electrons. The van der Waals surface area contributed by atoms with Crippen LogP contribution in [0.4, 0.5) is 0 Å². The molecule has 0 bridgehead atoms. The highest BCUT2D eigenvalue weighted by molar-refractivity contribution is 7.11. The Balaban J connectivity index is 1.90. The predicted octanol–water partition coefficient (Wildman–Crippen LogP) is 5.39. The van der Waals surface area contributed by atoms with E-state index in [4.69, 9.17) is 0 Å². The summed E-state index contributed by atoms with van der Waals surface area (Å²) in [7, 11) is 0. The fraction of sp³-hybridized carbons (Fsp3) is 0.630. The third kappa shape index (κ3) is 10.6. The van der Waals surface area contributed by atoms with Crippen molar-refractivity contribution in [3.63, 3.8) is 0 Å². The molecule has 0 aromatic carbocycles. The summed E-state index contributed by atoms with van der Waals surface area (Å²) in [5, 5.41) is 18.8. The first-order chi connectivity index (χ1) is 15.5. The Labute approximate surface area is 206 Å². The van der Waals surface area contributed by atoms with Crippen molar-refractivity contribution in [2.45, 2.75) is 85.5 Å². The van der Waals surface area contributed by atoms with Crippen molar-refractivity contribution in [2.24, 2.45) is 10.8 Å². The average Bonchev–Trinajstić information content (AvgIpc) is 2.73. The number of aliphatic hydroxyl groups excluding tert-OH is 2. The Morgan fingerprint density at radius 2 is 0.909 bits per heavy atom. The number of rotatable bonds is 14. The van der Waals surface area contributed by atoms with Crippen LogP contribution in [0.1, 0.15) is 79.3 Å². The molecule has 0 radical (unpaired) electrons. The van der Waals surface area contributed by atoms with E-state index in [-0.39, 0.29) is 34.9 Å². The summed E-state index contributed by atoms with van der Waals surface area (Å²) in [4.78, 5) is 28.7. The average molecular weight is 493 g/mol. The minimum Gasteiger partial charge on any atom is -0.396 e. The van der Waals surface area contributed by atoms with Gasteiger partial charge in [0.1, 0.15) is 0 Å². The Morgan fingerprint density at radius 1 is 0.606 bits per heavy atom. The maximum absolute atomic E-state index is 12.2. The van der Waals surface area contributed by atoms with Crippen LogP contribution in [0.15, 0.2) is 33.9 Å². The highest BCUT2D eigenvalue weighted by Gasteiger charge is 2.16. The van der Waals surface area contributed by atoms with Gasteiger partial charge in [0.15, 0.2) is 10.9 Å². The van der Waals surface area contributed by atoms with Gasteiger partial charge in [-0.25, -0.2) is 0 Å². The van der Waals surface area contributed by atoms with Crippen molar-refractivity contribution in [3.05, 3.63) is 64.2 Å². The fourth-order valence-corrected chi connectivity index (χ4v) is 6.10. The molecule has 6 heteroatoms. The van der Waals surface area contributed by atoms with Crippen molar-refractivity contribution >= 4 is 22.7 Å². The van der Waals surface area contributed by atoms with E-state index < -0.39 is 0 Å². The van der Waals surface area contributed by atoms with Crippen molar-refractivity contribution in [2.75, 3.05) is 13.2 Å². The molecule has 2 aromatic rings. The lowest BCUT2D eigenvalue weighted by Gasteiger charge is -2.21. The lowest BCUT2D eigenvalue weighted by molar-refractivity contribution is 0.148. The largest absolute Gasteiger partial charge is 0.396 e. The first-order valence-corrected chi connectivity index (χ1v) is 13.6. The Morgan fingerprint density at radius 3 is 1.21 bits per heavy atom. The van der Waals surface area contributed by atoms with Crippen LogP contribution in [-0.2, 0) is 25.7 Å². The third-order valence-corrected chi connectivity index (χ3v) is 8.33. The fourth-order valence-electron chi connectivity index (χ4n) is 3.74. The molecule has 2 N–H and O–H groups in total. The summed E-state index contributed by atoms with van der Waals surface area (Å²) < 4.78 is 0. The molecule has 33 heavy (non-hydrogen) atoms. The van der Waals surface area contributed by atoms with Gasteiger partial charge in [0.2, 0.25) is 0 Å². The lowest BCUT2D eigenvalue weighted by atomic mass is 9.88. The van der Waals surface area contributed by atoms with Crippen LogP contribution in [0.5, 0.6) is 0 Å². The van der Waals surface area contributed by atoms with Gasteiger partial charge in [-0.15, -0.1) is 22.7 Å².